The Bertz CT molecular complexity index is 754. The van der Waals surface area contributed by atoms with Crippen LogP contribution >= 0.6 is 0 Å². The average molecular weight is 307 g/mol. The number of fused-ring (bicyclic) bond motifs is 1. The first kappa shape index (κ1) is 14.3. The number of aromatic amines is 1. The van der Waals surface area contributed by atoms with Gasteiger partial charge in [-0.25, -0.2) is 0 Å². The van der Waals surface area contributed by atoms with Gasteiger partial charge in [0.05, 0.1) is 0 Å². The number of benzene rings is 1. The molecule has 0 aliphatic rings. The summed E-state index contributed by atoms with van der Waals surface area (Å²) in [5, 5.41) is 12.7. The minimum Gasteiger partial charge on any atom is -0.374 e. The maximum absolute atomic E-state index is 13.2. The van der Waals surface area contributed by atoms with Gasteiger partial charge in [0, 0.05) is 24.5 Å². The Labute approximate surface area is 123 Å². The van der Waals surface area contributed by atoms with E-state index in [-0.39, 0.29) is 6.42 Å². The van der Waals surface area contributed by atoms with Crippen LogP contribution in [0.3, 0.4) is 0 Å². The fraction of sp³-hybridized carbons (Fsp3) is 0.214. The number of alkyl halides is 3. The molecule has 0 fully saturated rings. The summed E-state index contributed by atoms with van der Waals surface area (Å²) in [6.45, 7) is 0. The molecule has 1 atom stereocenters. The Kier molecular flexibility index (Phi) is 3.66. The van der Waals surface area contributed by atoms with Gasteiger partial charge in [-0.15, -0.1) is 0 Å². The Morgan fingerprint density at radius 3 is 2.50 bits per heavy atom. The quantitative estimate of drug-likeness (QED) is 0.778. The molecule has 3 aromatic rings. The lowest BCUT2D eigenvalue weighted by Gasteiger charge is -2.22. The van der Waals surface area contributed by atoms with Crippen molar-refractivity contribution in [1.82, 2.24) is 20.4 Å². The molecular weight excluding hydrogens is 295 g/mol. The molecule has 114 valence electrons. The van der Waals surface area contributed by atoms with Crippen LogP contribution in [0, 0.1) is 0 Å². The smallest absolute Gasteiger partial charge is 0.374 e. The number of hydrogen-bond donors (Lipinski definition) is 2. The fourth-order valence-corrected chi connectivity index (χ4v) is 2.13. The summed E-state index contributed by atoms with van der Waals surface area (Å²) < 4.78 is 39.7. The molecule has 0 saturated heterocycles. The number of halogens is 3. The Hall–Kier alpha value is -2.64. The van der Waals surface area contributed by atoms with Gasteiger partial charge < -0.3 is 5.32 Å². The summed E-state index contributed by atoms with van der Waals surface area (Å²) in [6, 6.07) is 6.14. The second-order valence-corrected chi connectivity index (χ2v) is 4.83. The van der Waals surface area contributed by atoms with Crippen LogP contribution in [0.15, 0.2) is 42.7 Å². The van der Waals surface area contributed by atoms with Crippen molar-refractivity contribution in [1.29, 1.82) is 0 Å². The molecule has 2 aromatic heterocycles. The number of hydrogen-bond acceptors (Lipinski definition) is 4. The van der Waals surface area contributed by atoms with E-state index in [0.717, 1.165) is 0 Å². The number of rotatable bonds is 4. The standard InChI is InChI=1S/C14H12F3N5/c15-14(16,17)13(7-9-3-5-18-6-4-9)19-10-1-2-11-12(8-10)21-22-20-11/h1-6,8,13,19H,7H2,(H,20,21,22)/t13-/m1/s1. The van der Waals surface area contributed by atoms with Crippen LogP contribution in [0.2, 0.25) is 0 Å². The Morgan fingerprint density at radius 1 is 1.05 bits per heavy atom. The molecule has 22 heavy (non-hydrogen) atoms. The summed E-state index contributed by atoms with van der Waals surface area (Å²) in [5.41, 5.74) is 2.02. The van der Waals surface area contributed by atoms with Crippen LogP contribution < -0.4 is 5.32 Å². The zero-order chi connectivity index (χ0) is 15.6. The second kappa shape index (κ2) is 5.63. The van der Waals surface area contributed by atoms with Crippen molar-refractivity contribution in [2.24, 2.45) is 0 Å². The van der Waals surface area contributed by atoms with E-state index in [2.05, 4.69) is 25.7 Å². The topological polar surface area (TPSA) is 66.5 Å². The Morgan fingerprint density at radius 2 is 1.77 bits per heavy atom. The van der Waals surface area contributed by atoms with Crippen LogP contribution in [0.1, 0.15) is 5.56 Å². The molecule has 5 nitrogen and oxygen atoms in total. The minimum atomic E-state index is -4.37. The highest BCUT2D eigenvalue weighted by Gasteiger charge is 2.39. The van der Waals surface area contributed by atoms with Gasteiger partial charge >= 0.3 is 6.18 Å². The SMILES string of the molecule is FC(F)(F)[C@@H](Cc1ccncc1)Nc1ccc2n[nH]nc2c1. The fourth-order valence-electron chi connectivity index (χ4n) is 2.13. The van der Waals surface area contributed by atoms with Crippen LogP contribution in [0.25, 0.3) is 11.0 Å². The molecule has 2 heterocycles. The first-order valence-electron chi connectivity index (χ1n) is 6.55. The van der Waals surface area contributed by atoms with Crippen molar-refractivity contribution >= 4 is 16.7 Å². The van der Waals surface area contributed by atoms with Gasteiger partial charge in [-0.05, 0) is 35.9 Å². The maximum atomic E-state index is 13.2. The third kappa shape index (κ3) is 3.16. The molecule has 0 aliphatic carbocycles. The lowest BCUT2D eigenvalue weighted by molar-refractivity contribution is -0.142. The highest BCUT2D eigenvalue weighted by atomic mass is 19.4. The van der Waals surface area contributed by atoms with E-state index >= 15 is 0 Å². The number of anilines is 1. The van der Waals surface area contributed by atoms with E-state index in [9.17, 15) is 13.2 Å². The van der Waals surface area contributed by atoms with Crippen molar-refractivity contribution in [3.05, 3.63) is 48.3 Å². The zero-order valence-electron chi connectivity index (χ0n) is 11.3. The second-order valence-electron chi connectivity index (χ2n) is 4.83. The molecule has 0 radical (unpaired) electrons. The number of pyridine rings is 1. The predicted molar refractivity (Wildman–Crippen MR) is 75.3 cm³/mol. The summed E-state index contributed by atoms with van der Waals surface area (Å²) >= 11 is 0. The number of aromatic nitrogens is 4. The minimum absolute atomic E-state index is 0.178. The molecular formula is C14H12F3N5. The average Bonchev–Trinajstić information content (AvgIpc) is 2.94. The van der Waals surface area contributed by atoms with Crippen molar-refractivity contribution < 1.29 is 13.2 Å². The third-order valence-corrected chi connectivity index (χ3v) is 3.24. The molecule has 0 bridgehead atoms. The lowest BCUT2D eigenvalue weighted by atomic mass is 10.1. The molecule has 0 unspecified atom stereocenters. The molecule has 3 rings (SSSR count). The molecule has 8 heteroatoms. The summed E-state index contributed by atoms with van der Waals surface area (Å²) in [5.74, 6) is 0. The monoisotopic (exact) mass is 307 g/mol. The molecule has 0 saturated carbocycles. The van der Waals surface area contributed by atoms with Gasteiger partial charge in [0.15, 0.2) is 0 Å². The van der Waals surface area contributed by atoms with Crippen LogP contribution in [0.4, 0.5) is 18.9 Å². The molecule has 0 aliphatic heterocycles. The highest BCUT2D eigenvalue weighted by Crippen LogP contribution is 2.27. The van der Waals surface area contributed by atoms with Gasteiger partial charge in [0.1, 0.15) is 17.1 Å². The van der Waals surface area contributed by atoms with E-state index in [4.69, 9.17) is 0 Å². The third-order valence-electron chi connectivity index (χ3n) is 3.24. The van der Waals surface area contributed by atoms with E-state index in [1.165, 1.54) is 18.5 Å². The van der Waals surface area contributed by atoms with E-state index in [1.54, 1.807) is 24.3 Å². The predicted octanol–water partition coefficient (Wildman–Crippen LogP) is 2.94. The maximum Gasteiger partial charge on any atom is 0.408 e. The van der Waals surface area contributed by atoms with Gasteiger partial charge in [-0.1, -0.05) is 0 Å². The molecule has 0 spiro atoms. The summed E-state index contributed by atoms with van der Waals surface area (Å²) in [6.07, 6.45) is -1.60. The van der Waals surface area contributed by atoms with Crippen molar-refractivity contribution in [3.8, 4) is 0 Å². The normalized spacial score (nSPS) is 13.2. The first-order chi connectivity index (χ1) is 10.5. The van der Waals surface area contributed by atoms with Crippen molar-refractivity contribution in [3.63, 3.8) is 0 Å². The Balaban J connectivity index is 1.83. The largest absolute Gasteiger partial charge is 0.408 e. The van der Waals surface area contributed by atoms with Crippen molar-refractivity contribution in [2.45, 2.75) is 18.6 Å². The van der Waals surface area contributed by atoms with Crippen molar-refractivity contribution in [2.75, 3.05) is 5.32 Å². The first-order valence-corrected chi connectivity index (χ1v) is 6.55. The number of nitrogens with zero attached hydrogens (tertiary/aromatic N) is 3. The van der Waals surface area contributed by atoms with Gasteiger partial charge in [0.2, 0.25) is 0 Å². The zero-order valence-corrected chi connectivity index (χ0v) is 11.3. The van der Waals surface area contributed by atoms with Gasteiger partial charge in [-0.3, -0.25) is 4.98 Å². The summed E-state index contributed by atoms with van der Waals surface area (Å²) in [7, 11) is 0. The van der Waals surface area contributed by atoms with E-state index in [0.29, 0.717) is 22.3 Å². The highest BCUT2D eigenvalue weighted by molar-refractivity contribution is 5.78. The van der Waals surface area contributed by atoms with E-state index in [1.807, 2.05) is 0 Å². The van der Waals surface area contributed by atoms with Crippen LogP contribution in [-0.4, -0.2) is 32.6 Å². The number of nitrogens with one attached hydrogen (secondary N) is 2. The molecule has 2 N–H and O–H groups in total. The lowest BCUT2D eigenvalue weighted by Crippen LogP contribution is -2.38. The molecule has 1 aromatic carbocycles. The van der Waals surface area contributed by atoms with Crippen LogP contribution in [-0.2, 0) is 6.42 Å². The van der Waals surface area contributed by atoms with Gasteiger partial charge in [0.25, 0.3) is 0 Å². The van der Waals surface area contributed by atoms with Gasteiger partial charge in [-0.2, -0.15) is 28.6 Å². The summed E-state index contributed by atoms with van der Waals surface area (Å²) in [4.78, 5) is 3.81. The van der Waals surface area contributed by atoms with Crippen LogP contribution in [0.5, 0.6) is 0 Å². The van der Waals surface area contributed by atoms with E-state index < -0.39 is 12.2 Å². The molecule has 0 amide bonds. The number of H-pyrrole nitrogens is 1.